The summed E-state index contributed by atoms with van der Waals surface area (Å²) in [6.45, 7) is 0. The molecule has 1 fully saturated rings. The SMILES string of the molecule is O=C=NC1(c2cc(Cl)ccc2O)CC1. The fourth-order valence-corrected chi connectivity index (χ4v) is 1.70. The van der Waals surface area contributed by atoms with Gasteiger partial charge in [0.15, 0.2) is 0 Å². The molecule has 1 aliphatic rings. The Morgan fingerprint density at radius 3 is 2.79 bits per heavy atom. The Hall–Kier alpha value is -1.31. The fourth-order valence-electron chi connectivity index (χ4n) is 1.53. The van der Waals surface area contributed by atoms with Crippen LogP contribution in [0.1, 0.15) is 18.4 Å². The normalized spacial score (nSPS) is 17.2. The van der Waals surface area contributed by atoms with E-state index in [4.69, 9.17) is 11.6 Å². The molecule has 1 aliphatic carbocycles. The first-order valence-corrected chi connectivity index (χ1v) is 4.64. The van der Waals surface area contributed by atoms with Crippen LogP contribution < -0.4 is 0 Å². The van der Waals surface area contributed by atoms with Gasteiger partial charge in [0.05, 0.1) is 0 Å². The minimum absolute atomic E-state index is 0.130. The molecule has 4 heteroatoms. The van der Waals surface area contributed by atoms with E-state index in [0.717, 1.165) is 12.8 Å². The highest BCUT2D eigenvalue weighted by atomic mass is 35.5. The van der Waals surface area contributed by atoms with Crippen LogP contribution in [0.4, 0.5) is 0 Å². The van der Waals surface area contributed by atoms with E-state index < -0.39 is 5.54 Å². The van der Waals surface area contributed by atoms with Gasteiger partial charge in [0, 0.05) is 10.6 Å². The van der Waals surface area contributed by atoms with Crippen molar-refractivity contribution in [1.29, 1.82) is 0 Å². The third kappa shape index (κ3) is 1.41. The maximum atomic E-state index is 10.2. The largest absolute Gasteiger partial charge is 0.508 e. The van der Waals surface area contributed by atoms with E-state index in [1.165, 1.54) is 12.1 Å². The molecule has 0 spiro atoms. The lowest BCUT2D eigenvalue weighted by atomic mass is 10.0. The first kappa shape index (κ1) is 9.25. The number of benzene rings is 1. The Kier molecular flexibility index (Phi) is 2.06. The summed E-state index contributed by atoms with van der Waals surface area (Å²) in [4.78, 5) is 13.9. The number of hydrogen-bond acceptors (Lipinski definition) is 3. The molecule has 1 aromatic carbocycles. The molecule has 0 bridgehead atoms. The zero-order valence-electron chi connectivity index (χ0n) is 7.33. The van der Waals surface area contributed by atoms with Crippen molar-refractivity contribution in [3.8, 4) is 5.75 Å². The van der Waals surface area contributed by atoms with Gasteiger partial charge in [-0.3, -0.25) is 0 Å². The van der Waals surface area contributed by atoms with Gasteiger partial charge in [0.25, 0.3) is 0 Å². The quantitative estimate of drug-likeness (QED) is 0.601. The van der Waals surface area contributed by atoms with Crippen LogP contribution in [0, 0.1) is 0 Å². The Bertz CT molecular complexity index is 420. The monoisotopic (exact) mass is 209 g/mol. The van der Waals surface area contributed by atoms with E-state index >= 15 is 0 Å². The maximum absolute atomic E-state index is 10.2. The van der Waals surface area contributed by atoms with Crippen molar-refractivity contribution < 1.29 is 9.90 Å². The summed E-state index contributed by atoms with van der Waals surface area (Å²) in [6, 6.07) is 4.75. The molecule has 1 N–H and O–H groups in total. The van der Waals surface area contributed by atoms with E-state index in [1.807, 2.05) is 0 Å². The van der Waals surface area contributed by atoms with E-state index in [1.54, 1.807) is 12.1 Å². The van der Waals surface area contributed by atoms with Crippen LogP contribution in [0.25, 0.3) is 0 Å². The van der Waals surface area contributed by atoms with Gasteiger partial charge in [-0.05, 0) is 31.0 Å². The molecule has 2 rings (SSSR count). The third-order valence-electron chi connectivity index (χ3n) is 2.44. The van der Waals surface area contributed by atoms with Crippen molar-refractivity contribution in [3.05, 3.63) is 28.8 Å². The predicted molar refractivity (Wildman–Crippen MR) is 52.2 cm³/mol. The number of isocyanates is 1. The highest BCUT2D eigenvalue weighted by molar-refractivity contribution is 6.30. The van der Waals surface area contributed by atoms with Crippen LogP contribution in [-0.2, 0) is 10.3 Å². The number of phenolic OH excluding ortho intramolecular Hbond substituents is 1. The number of phenols is 1. The van der Waals surface area contributed by atoms with E-state index in [0.29, 0.717) is 10.6 Å². The number of rotatable bonds is 2. The number of aromatic hydroxyl groups is 1. The van der Waals surface area contributed by atoms with Crippen molar-refractivity contribution in [2.75, 3.05) is 0 Å². The summed E-state index contributed by atoms with van der Waals surface area (Å²) < 4.78 is 0. The van der Waals surface area contributed by atoms with Gasteiger partial charge < -0.3 is 5.11 Å². The predicted octanol–water partition coefficient (Wildman–Crippen LogP) is 2.37. The molecule has 0 heterocycles. The topological polar surface area (TPSA) is 49.7 Å². The van der Waals surface area contributed by atoms with Gasteiger partial charge >= 0.3 is 0 Å². The molecular formula is C10H8ClNO2. The molecule has 1 saturated carbocycles. The van der Waals surface area contributed by atoms with E-state index in [-0.39, 0.29) is 5.75 Å². The van der Waals surface area contributed by atoms with Crippen LogP contribution in [0.2, 0.25) is 5.02 Å². The number of nitrogens with zero attached hydrogens (tertiary/aromatic N) is 1. The molecule has 0 radical (unpaired) electrons. The highest BCUT2D eigenvalue weighted by Gasteiger charge is 2.46. The van der Waals surface area contributed by atoms with Gasteiger partial charge in [0.2, 0.25) is 6.08 Å². The zero-order valence-corrected chi connectivity index (χ0v) is 8.08. The standard InChI is InChI=1S/C10H8ClNO2/c11-7-1-2-9(14)8(5-7)10(3-4-10)12-6-13/h1-2,5,14H,3-4H2. The summed E-state index contributed by atoms with van der Waals surface area (Å²) in [6.07, 6.45) is 3.06. The molecule has 72 valence electrons. The summed E-state index contributed by atoms with van der Waals surface area (Å²) in [5.41, 5.74) is 0.0600. The van der Waals surface area contributed by atoms with Gasteiger partial charge in [-0.2, -0.15) is 4.99 Å². The summed E-state index contributed by atoms with van der Waals surface area (Å²) >= 11 is 5.80. The molecule has 0 atom stereocenters. The first-order valence-electron chi connectivity index (χ1n) is 4.26. The van der Waals surface area contributed by atoms with Gasteiger partial charge in [-0.15, -0.1) is 0 Å². The van der Waals surface area contributed by atoms with Crippen LogP contribution in [0.15, 0.2) is 23.2 Å². The third-order valence-corrected chi connectivity index (χ3v) is 2.68. The van der Waals surface area contributed by atoms with Gasteiger partial charge in [-0.1, -0.05) is 11.6 Å². The average molecular weight is 210 g/mol. The summed E-state index contributed by atoms with van der Waals surface area (Å²) in [5.74, 6) is 0.130. The Morgan fingerprint density at radius 2 is 2.21 bits per heavy atom. The summed E-state index contributed by atoms with van der Waals surface area (Å²) in [7, 11) is 0. The van der Waals surface area contributed by atoms with Crippen LogP contribution in [-0.4, -0.2) is 11.2 Å². The van der Waals surface area contributed by atoms with Crippen molar-refractivity contribution >= 4 is 17.7 Å². The van der Waals surface area contributed by atoms with Gasteiger partial charge in [-0.25, -0.2) is 4.79 Å². The second-order valence-electron chi connectivity index (χ2n) is 3.40. The number of carbonyl (C=O) groups excluding carboxylic acids is 1. The molecule has 1 aromatic rings. The Balaban J connectivity index is 2.50. The Morgan fingerprint density at radius 1 is 1.50 bits per heavy atom. The minimum atomic E-state index is -0.559. The molecule has 0 unspecified atom stereocenters. The molecule has 14 heavy (non-hydrogen) atoms. The lowest BCUT2D eigenvalue weighted by Crippen LogP contribution is -2.02. The minimum Gasteiger partial charge on any atom is -0.508 e. The van der Waals surface area contributed by atoms with Crippen molar-refractivity contribution in [3.63, 3.8) is 0 Å². The average Bonchev–Trinajstić information content (AvgIpc) is 2.91. The van der Waals surface area contributed by atoms with Crippen molar-refractivity contribution in [1.82, 2.24) is 0 Å². The smallest absolute Gasteiger partial charge is 0.235 e. The molecular weight excluding hydrogens is 202 g/mol. The van der Waals surface area contributed by atoms with Crippen LogP contribution >= 0.6 is 11.6 Å². The molecule has 0 aromatic heterocycles. The number of aliphatic imine (C=N–C) groups is 1. The zero-order chi connectivity index (χ0) is 10.2. The van der Waals surface area contributed by atoms with Crippen LogP contribution in [0.3, 0.4) is 0 Å². The van der Waals surface area contributed by atoms with Gasteiger partial charge in [0.1, 0.15) is 11.3 Å². The summed E-state index contributed by atoms with van der Waals surface area (Å²) in [5, 5.41) is 10.1. The van der Waals surface area contributed by atoms with Crippen molar-refractivity contribution in [2.24, 2.45) is 4.99 Å². The van der Waals surface area contributed by atoms with Crippen molar-refractivity contribution in [2.45, 2.75) is 18.4 Å². The molecule has 0 saturated heterocycles. The number of halogens is 1. The molecule has 0 amide bonds. The Labute approximate surface area is 86.0 Å². The molecule has 3 nitrogen and oxygen atoms in total. The van der Waals surface area contributed by atoms with Crippen LogP contribution in [0.5, 0.6) is 5.75 Å². The lowest BCUT2D eigenvalue weighted by Gasteiger charge is -2.10. The first-order chi connectivity index (χ1) is 6.68. The lowest BCUT2D eigenvalue weighted by molar-refractivity contribution is 0.459. The fraction of sp³-hybridized carbons (Fsp3) is 0.300. The maximum Gasteiger partial charge on any atom is 0.235 e. The molecule has 0 aliphatic heterocycles. The van der Waals surface area contributed by atoms with E-state index in [2.05, 4.69) is 4.99 Å². The van der Waals surface area contributed by atoms with E-state index in [9.17, 15) is 9.90 Å². The second-order valence-corrected chi connectivity index (χ2v) is 3.83. The highest BCUT2D eigenvalue weighted by Crippen LogP contribution is 2.52. The second kappa shape index (κ2) is 3.12. The number of hydrogen-bond donors (Lipinski definition) is 1.